The highest BCUT2D eigenvalue weighted by Crippen LogP contribution is 2.24. The van der Waals surface area contributed by atoms with Gasteiger partial charge in [-0.1, -0.05) is 24.3 Å². The monoisotopic (exact) mass is 370 g/mol. The number of fused-ring (bicyclic) bond motifs is 1. The Morgan fingerprint density at radius 1 is 1.19 bits per heavy atom. The number of amides is 1. The molecule has 3 N–H and O–H groups in total. The molecule has 1 heterocycles. The lowest BCUT2D eigenvalue weighted by molar-refractivity contribution is -0.124. The van der Waals surface area contributed by atoms with Crippen molar-refractivity contribution < 1.29 is 14.4 Å². The van der Waals surface area contributed by atoms with Crippen LogP contribution < -0.4 is 10.8 Å². The van der Waals surface area contributed by atoms with Crippen molar-refractivity contribution in [2.45, 2.75) is 13.0 Å². The molecule has 1 amide bonds. The Labute approximate surface area is 154 Å². The third-order valence-electron chi connectivity index (χ3n) is 4.09. The number of carbonyl (C=O) groups excluding carboxylic acids is 1. The first-order valence-electron chi connectivity index (χ1n) is 8.24. The van der Waals surface area contributed by atoms with Gasteiger partial charge in [0.25, 0.3) is 5.91 Å². The Balaban J connectivity index is 1.54. The van der Waals surface area contributed by atoms with Crippen LogP contribution in [0.2, 0.25) is 0 Å². The number of hydrogen-bond donors (Lipinski definition) is 3. The second kappa shape index (κ2) is 8.71. The number of rotatable bonds is 7. The number of hydrogen-bond acceptors (Lipinski definition) is 4. The van der Waals surface area contributed by atoms with Gasteiger partial charge in [0, 0.05) is 22.9 Å². The van der Waals surface area contributed by atoms with E-state index in [0.29, 0.717) is 17.7 Å². The SMILES string of the molecule is O=C(/C=C/c1ccc(CNCCc2cccc3sccc23)c(F)c1)NO. The lowest BCUT2D eigenvalue weighted by atomic mass is 10.1. The second-order valence-corrected chi connectivity index (χ2v) is 6.78. The summed E-state index contributed by atoms with van der Waals surface area (Å²) in [5.74, 6) is -0.985. The maximum Gasteiger partial charge on any atom is 0.267 e. The van der Waals surface area contributed by atoms with Crippen LogP contribution in [0.15, 0.2) is 53.9 Å². The fourth-order valence-corrected chi connectivity index (χ4v) is 3.57. The zero-order chi connectivity index (χ0) is 18.4. The quantitative estimate of drug-likeness (QED) is 0.256. The summed E-state index contributed by atoms with van der Waals surface area (Å²) in [6, 6.07) is 13.2. The number of thiophene rings is 1. The van der Waals surface area contributed by atoms with Crippen LogP contribution in [0, 0.1) is 5.82 Å². The van der Waals surface area contributed by atoms with E-state index in [1.54, 1.807) is 23.5 Å². The normalized spacial score (nSPS) is 11.3. The number of nitrogens with one attached hydrogen (secondary N) is 2. The van der Waals surface area contributed by atoms with Crippen LogP contribution in [0.3, 0.4) is 0 Å². The highest BCUT2D eigenvalue weighted by molar-refractivity contribution is 7.17. The van der Waals surface area contributed by atoms with Crippen molar-refractivity contribution in [3.63, 3.8) is 0 Å². The Kier molecular flexibility index (Phi) is 6.12. The summed E-state index contributed by atoms with van der Waals surface area (Å²) < 4.78 is 15.4. The van der Waals surface area contributed by atoms with E-state index < -0.39 is 5.91 Å². The zero-order valence-corrected chi connectivity index (χ0v) is 14.9. The Morgan fingerprint density at radius 3 is 2.88 bits per heavy atom. The predicted octanol–water partition coefficient (Wildman–Crippen LogP) is 3.89. The highest BCUT2D eigenvalue weighted by Gasteiger charge is 2.04. The Bertz CT molecular complexity index is 936. The molecule has 0 fully saturated rings. The molecular weight excluding hydrogens is 351 g/mol. The zero-order valence-electron chi connectivity index (χ0n) is 14.0. The molecule has 0 aliphatic carbocycles. The van der Waals surface area contributed by atoms with Gasteiger partial charge in [-0.15, -0.1) is 11.3 Å². The van der Waals surface area contributed by atoms with Gasteiger partial charge in [-0.3, -0.25) is 10.0 Å². The molecule has 0 saturated heterocycles. The van der Waals surface area contributed by atoms with E-state index in [0.717, 1.165) is 19.0 Å². The molecule has 1 aromatic heterocycles. The van der Waals surface area contributed by atoms with Gasteiger partial charge in [0.1, 0.15) is 5.82 Å². The minimum Gasteiger partial charge on any atom is -0.312 e. The first-order chi connectivity index (χ1) is 12.7. The first-order valence-corrected chi connectivity index (χ1v) is 9.12. The van der Waals surface area contributed by atoms with Crippen molar-refractivity contribution in [1.29, 1.82) is 0 Å². The second-order valence-electron chi connectivity index (χ2n) is 5.84. The van der Waals surface area contributed by atoms with Crippen molar-refractivity contribution in [2.24, 2.45) is 0 Å². The standard InChI is InChI=1S/C20H19FN2O2S/c21-18-12-14(5-7-20(24)23-25)4-6-16(18)13-22-10-8-15-2-1-3-19-17(15)9-11-26-19/h1-7,9,11-12,22,25H,8,10,13H2,(H,23,24)/b7-5+. The molecule has 0 aliphatic rings. The molecule has 3 aromatic rings. The van der Waals surface area contributed by atoms with E-state index in [2.05, 4.69) is 35.0 Å². The third kappa shape index (κ3) is 4.54. The summed E-state index contributed by atoms with van der Waals surface area (Å²) in [7, 11) is 0. The van der Waals surface area contributed by atoms with Crippen LogP contribution >= 0.6 is 11.3 Å². The maximum absolute atomic E-state index is 14.2. The lowest BCUT2D eigenvalue weighted by Crippen LogP contribution is -2.17. The van der Waals surface area contributed by atoms with Crippen LogP contribution in [0.4, 0.5) is 4.39 Å². The number of halogens is 1. The van der Waals surface area contributed by atoms with Crippen LogP contribution in [-0.4, -0.2) is 17.7 Å². The molecule has 0 aliphatic heterocycles. The summed E-state index contributed by atoms with van der Waals surface area (Å²) >= 11 is 1.73. The molecule has 3 rings (SSSR count). The number of carbonyl (C=O) groups is 1. The van der Waals surface area contributed by atoms with Gasteiger partial charge in [-0.25, -0.2) is 9.87 Å². The van der Waals surface area contributed by atoms with Crippen LogP contribution in [0.1, 0.15) is 16.7 Å². The lowest BCUT2D eigenvalue weighted by Gasteiger charge is -2.08. The van der Waals surface area contributed by atoms with Crippen molar-refractivity contribution in [2.75, 3.05) is 6.54 Å². The van der Waals surface area contributed by atoms with Crippen molar-refractivity contribution in [3.8, 4) is 0 Å². The highest BCUT2D eigenvalue weighted by atomic mass is 32.1. The van der Waals surface area contributed by atoms with Gasteiger partial charge >= 0.3 is 0 Å². The molecule has 0 radical (unpaired) electrons. The first kappa shape index (κ1) is 18.3. The van der Waals surface area contributed by atoms with E-state index in [9.17, 15) is 9.18 Å². The average Bonchev–Trinajstić information content (AvgIpc) is 3.14. The molecule has 26 heavy (non-hydrogen) atoms. The summed E-state index contributed by atoms with van der Waals surface area (Å²) in [6.45, 7) is 1.19. The van der Waals surface area contributed by atoms with E-state index in [-0.39, 0.29) is 5.82 Å². The minimum absolute atomic E-state index is 0.330. The summed E-state index contributed by atoms with van der Waals surface area (Å²) in [6.07, 6.45) is 3.46. The summed E-state index contributed by atoms with van der Waals surface area (Å²) in [5, 5.41) is 15.1. The molecule has 134 valence electrons. The van der Waals surface area contributed by atoms with Gasteiger partial charge in [0.2, 0.25) is 0 Å². The van der Waals surface area contributed by atoms with Crippen LogP contribution in [-0.2, 0) is 17.8 Å². The molecule has 0 bridgehead atoms. The molecule has 4 nitrogen and oxygen atoms in total. The van der Waals surface area contributed by atoms with Crippen LogP contribution in [0.25, 0.3) is 16.2 Å². The van der Waals surface area contributed by atoms with Crippen molar-refractivity contribution in [3.05, 3.63) is 76.4 Å². The van der Waals surface area contributed by atoms with E-state index in [1.165, 1.54) is 33.3 Å². The van der Waals surface area contributed by atoms with Crippen molar-refractivity contribution in [1.82, 2.24) is 10.8 Å². The molecular formula is C20H19FN2O2S. The van der Waals surface area contributed by atoms with Gasteiger partial charge in [0.05, 0.1) is 0 Å². The largest absolute Gasteiger partial charge is 0.312 e. The van der Waals surface area contributed by atoms with Gasteiger partial charge < -0.3 is 5.32 Å². The van der Waals surface area contributed by atoms with Gasteiger partial charge in [-0.2, -0.15) is 0 Å². The molecule has 0 saturated carbocycles. The van der Waals surface area contributed by atoms with Gasteiger partial charge in [0.15, 0.2) is 0 Å². The average molecular weight is 370 g/mol. The minimum atomic E-state index is -0.656. The maximum atomic E-state index is 14.2. The summed E-state index contributed by atoms with van der Waals surface area (Å²) in [5.41, 5.74) is 3.91. The summed E-state index contributed by atoms with van der Waals surface area (Å²) in [4.78, 5) is 10.9. The Hall–Kier alpha value is -2.54. The fourth-order valence-electron chi connectivity index (χ4n) is 2.74. The molecule has 6 heteroatoms. The molecule has 0 atom stereocenters. The van der Waals surface area contributed by atoms with E-state index in [1.807, 2.05) is 0 Å². The molecule has 0 spiro atoms. The van der Waals surface area contributed by atoms with E-state index in [4.69, 9.17) is 5.21 Å². The molecule has 0 unspecified atom stereocenters. The number of hydroxylamine groups is 1. The van der Waals surface area contributed by atoms with E-state index >= 15 is 0 Å². The van der Waals surface area contributed by atoms with Crippen molar-refractivity contribution >= 4 is 33.4 Å². The van der Waals surface area contributed by atoms with Crippen LogP contribution in [0.5, 0.6) is 0 Å². The number of benzene rings is 2. The topological polar surface area (TPSA) is 61.4 Å². The fraction of sp³-hybridized carbons (Fsp3) is 0.150. The van der Waals surface area contributed by atoms with Gasteiger partial charge in [-0.05, 0) is 59.1 Å². The predicted molar refractivity (Wildman–Crippen MR) is 103 cm³/mol. The smallest absolute Gasteiger partial charge is 0.267 e. The third-order valence-corrected chi connectivity index (χ3v) is 4.97. The molecule has 2 aromatic carbocycles. The Morgan fingerprint density at radius 2 is 2.08 bits per heavy atom.